The van der Waals surface area contributed by atoms with E-state index in [4.69, 9.17) is 4.74 Å². The van der Waals surface area contributed by atoms with Gasteiger partial charge in [-0.25, -0.2) is 14.2 Å². The average molecular weight is 755 g/mol. The molecule has 0 radical (unpaired) electrons. The van der Waals surface area contributed by atoms with Crippen LogP contribution < -0.4 is 21.2 Å². The Morgan fingerprint density at radius 3 is 2.59 bits per heavy atom. The highest BCUT2D eigenvalue weighted by Crippen LogP contribution is 2.27. The minimum atomic E-state index is -0.565. The van der Waals surface area contributed by atoms with Crippen LogP contribution in [0.4, 0.5) is 10.1 Å². The van der Waals surface area contributed by atoms with Gasteiger partial charge in [0.15, 0.2) is 0 Å². The molecule has 56 heavy (non-hydrogen) atoms. The van der Waals surface area contributed by atoms with Crippen LogP contribution in [0.3, 0.4) is 0 Å². The fourth-order valence-corrected chi connectivity index (χ4v) is 6.97. The van der Waals surface area contributed by atoms with Crippen LogP contribution in [0.5, 0.6) is 5.75 Å². The van der Waals surface area contributed by atoms with E-state index in [9.17, 15) is 18.8 Å². The molecule has 1 fully saturated rings. The lowest BCUT2D eigenvalue weighted by molar-refractivity contribution is 0.0637. The summed E-state index contributed by atoms with van der Waals surface area (Å²) in [5, 5.41) is 21.0. The second kappa shape index (κ2) is 15.9. The van der Waals surface area contributed by atoms with Gasteiger partial charge in [0.1, 0.15) is 18.2 Å². The number of rotatable bonds is 12. The number of benzene rings is 3. The maximum atomic E-state index is 15.0. The Hall–Kier alpha value is -6.74. The summed E-state index contributed by atoms with van der Waals surface area (Å²) in [4.78, 5) is 46.6. The second-order valence-electron chi connectivity index (χ2n) is 13.7. The molecule has 1 aliphatic rings. The van der Waals surface area contributed by atoms with Crippen molar-refractivity contribution >= 4 is 33.3 Å². The SMILES string of the molecule is Cn1cc(-c2ccc(=O)n(CCOc3ccnc4cc(NCCN5CCN(C(=O)c6cc(Cc7n[nH]c(=O)c8ccccc78)ccc6F)CC5)ccc34)n2)cn1. The highest BCUT2D eigenvalue weighted by atomic mass is 19.1. The monoisotopic (exact) mass is 754 g/mol. The number of anilines is 1. The Kier molecular flexibility index (Phi) is 10.3. The summed E-state index contributed by atoms with van der Waals surface area (Å²) in [6, 6.07) is 22.7. The van der Waals surface area contributed by atoms with Gasteiger partial charge < -0.3 is 15.0 Å². The molecule has 15 heteroatoms. The quantitative estimate of drug-likeness (QED) is 0.186. The van der Waals surface area contributed by atoms with Crippen LogP contribution >= 0.6 is 0 Å². The number of aromatic nitrogens is 7. The number of aryl methyl sites for hydroxylation is 1. The number of aromatic amines is 1. The molecule has 0 unspecified atom stereocenters. The summed E-state index contributed by atoms with van der Waals surface area (Å²) in [6.45, 7) is 4.26. The van der Waals surface area contributed by atoms with Crippen LogP contribution in [0.25, 0.3) is 32.9 Å². The van der Waals surface area contributed by atoms with E-state index >= 15 is 0 Å². The van der Waals surface area contributed by atoms with Gasteiger partial charge in [0.05, 0.1) is 40.6 Å². The summed E-state index contributed by atoms with van der Waals surface area (Å²) in [5.74, 6) is -0.240. The molecule has 1 aliphatic heterocycles. The van der Waals surface area contributed by atoms with E-state index in [0.717, 1.165) is 39.6 Å². The van der Waals surface area contributed by atoms with Gasteiger partial charge in [-0.15, -0.1) is 0 Å². The van der Waals surface area contributed by atoms with Gasteiger partial charge in [-0.2, -0.15) is 15.3 Å². The number of amides is 1. The van der Waals surface area contributed by atoms with Crippen molar-refractivity contribution in [3.63, 3.8) is 0 Å². The van der Waals surface area contributed by atoms with Crippen LogP contribution in [-0.4, -0.2) is 96.3 Å². The van der Waals surface area contributed by atoms with Gasteiger partial charge in [0, 0.05) is 93.2 Å². The molecule has 0 saturated carbocycles. The van der Waals surface area contributed by atoms with Crippen molar-refractivity contribution in [2.75, 3.05) is 51.2 Å². The molecule has 4 aromatic heterocycles. The van der Waals surface area contributed by atoms with Gasteiger partial charge in [-0.1, -0.05) is 24.3 Å². The minimum absolute atomic E-state index is 0.0314. The molecule has 0 atom stereocenters. The zero-order valence-corrected chi connectivity index (χ0v) is 30.7. The van der Waals surface area contributed by atoms with Crippen LogP contribution in [0.15, 0.2) is 107 Å². The Morgan fingerprint density at radius 1 is 0.929 bits per heavy atom. The zero-order chi connectivity index (χ0) is 38.6. The number of nitrogens with zero attached hydrogens (tertiary/aromatic N) is 8. The predicted octanol–water partition coefficient (Wildman–Crippen LogP) is 4.11. The van der Waals surface area contributed by atoms with E-state index in [-0.39, 0.29) is 35.7 Å². The van der Waals surface area contributed by atoms with E-state index in [2.05, 4.69) is 35.6 Å². The molecule has 8 rings (SSSR count). The highest BCUT2D eigenvalue weighted by molar-refractivity contribution is 5.95. The van der Waals surface area contributed by atoms with Gasteiger partial charge in [-0.05, 0) is 54.1 Å². The van der Waals surface area contributed by atoms with E-state index in [0.29, 0.717) is 61.7 Å². The van der Waals surface area contributed by atoms with Gasteiger partial charge >= 0.3 is 0 Å². The fraction of sp³-hybridized carbons (Fsp3) is 0.244. The lowest BCUT2D eigenvalue weighted by atomic mass is 10.0. The number of piperazine rings is 1. The molecule has 3 aromatic carbocycles. The Balaban J connectivity index is 0.822. The highest BCUT2D eigenvalue weighted by Gasteiger charge is 2.24. The van der Waals surface area contributed by atoms with Gasteiger partial charge in [0.2, 0.25) is 0 Å². The Morgan fingerprint density at radius 2 is 1.77 bits per heavy atom. The first kappa shape index (κ1) is 36.2. The summed E-state index contributed by atoms with van der Waals surface area (Å²) < 4.78 is 24.1. The fourth-order valence-electron chi connectivity index (χ4n) is 6.97. The van der Waals surface area contributed by atoms with Crippen LogP contribution in [-0.2, 0) is 20.0 Å². The van der Waals surface area contributed by atoms with E-state index in [1.165, 1.54) is 16.8 Å². The smallest absolute Gasteiger partial charge is 0.272 e. The van der Waals surface area contributed by atoms with E-state index in [1.807, 2.05) is 43.6 Å². The predicted molar refractivity (Wildman–Crippen MR) is 210 cm³/mol. The lowest BCUT2D eigenvalue weighted by Gasteiger charge is -2.35. The van der Waals surface area contributed by atoms with Gasteiger partial charge in [0.25, 0.3) is 17.0 Å². The number of hydrogen-bond acceptors (Lipinski definition) is 10. The Labute approximate surface area is 320 Å². The third-order valence-corrected chi connectivity index (χ3v) is 9.96. The zero-order valence-electron chi connectivity index (χ0n) is 30.7. The largest absolute Gasteiger partial charge is 0.491 e. The van der Waals surface area contributed by atoms with Crippen molar-refractivity contribution in [3.8, 4) is 17.0 Å². The number of H-pyrrole nitrogens is 1. The standard InChI is InChI=1S/C41H39FN10O4/c1-49-26-28(25-45-49)35-10-11-39(53)52(48-35)20-21-56-38-12-13-44-36-24-29(7-8-32(36)38)43-14-15-50-16-18-51(19-17-50)41(55)33-22-27(6-9-34(33)42)23-37-30-4-2-3-5-31(30)40(54)47-46-37/h2-13,22,24-26,43H,14-21,23H2,1H3,(H,47,54). The average Bonchev–Trinajstić information content (AvgIpc) is 3.66. The molecule has 0 aliphatic carbocycles. The molecule has 0 spiro atoms. The lowest BCUT2D eigenvalue weighted by Crippen LogP contribution is -2.49. The Bertz CT molecular complexity index is 2670. The van der Waals surface area contributed by atoms with Crippen molar-refractivity contribution < 1.29 is 13.9 Å². The molecule has 284 valence electrons. The number of carbonyl (C=O) groups is 1. The van der Waals surface area contributed by atoms with Crippen molar-refractivity contribution in [1.29, 1.82) is 0 Å². The normalized spacial score (nSPS) is 13.4. The second-order valence-corrected chi connectivity index (χ2v) is 13.7. The van der Waals surface area contributed by atoms with Crippen molar-refractivity contribution in [1.82, 2.24) is 44.5 Å². The molecule has 2 N–H and O–H groups in total. The van der Waals surface area contributed by atoms with Crippen molar-refractivity contribution in [2.24, 2.45) is 7.05 Å². The minimum Gasteiger partial charge on any atom is -0.491 e. The first-order chi connectivity index (χ1) is 27.3. The van der Waals surface area contributed by atoms with Gasteiger partial charge in [-0.3, -0.25) is 28.9 Å². The first-order valence-corrected chi connectivity index (χ1v) is 18.4. The number of carbonyl (C=O) groups excluding carboxylic acids is 1. The van der Waals surface area contributed by atoms with Crippen LogP contribution in [0.2, 0.25) is 0 Å². The van der Waals surface area contributed by atoms with Crippen LogP contribution in [0.1, 0.15) is 21.6 Å². The van der Waals surface area contributed by atoms with Crippen molar-refractivity contribution in [3.05, 3.63) is 141 Å². The van der Waals surface area contributed by atoms with Crippen LogP contribution in [0, 0.1) is 5.82 Å². The number of halogens is 1. The molecule has 14 nitrogen and oxygen atoms in total. The van der Waals surface area contributed by atoms with Crippen molar-refractivity contribution in [2.45, 2.75) is 13.0 Å². The maximum Gasteiger partial charge on any atom is 0.272 e. The third-order valence-electron chi connectivity index (χ3n) is 9.96. The number of ether oxygens (including phenoxy) is 1. The number of fused-ring (bicyclic) bond motifs is 2. The third kappa shape index (κ3) is 7.88. The molecule has 7 aromatic rings. The molecule has 0 bridgehead atoms. The number of pyridine rings is 1. The number of nitrogens with one attached hydrogen (secondary N) is 2. The number of hydrogen-bond donors (Lipinski definition) is 2. The summed E-state index contributed by atoms with van der Waals surface area (Å²) in [7, 11) is 1.83. The maximum absolute atomic E-state index is 15.0. The van der Waals surface area contributed by atoms with E-state index < -0.39 is 5.82 Å². The molecule has 1 amide bonds. The molecular weight excluding hydrogens is 716 g/mol. The topological polar surface area (TPSA) is 156 Å². The van der Waals surface area contributed by atoms with E-state index in [1.54, 1.807) is 58.4 Å². The molecule has 1 saturated heterocycles. The first-order valence-electron chi connectivity index (χ1n) is 18.4. The summed E-state index contributed by atoms with van der Waals surface area (Å²) in [6.07, 6.45) is 5.59. The molecular formula is C41H39FN10O4. The molecule has 5 heterocycles. The summed E-state index contributed by atoms with van der Waals surface area (Å²) >= 11 is 0. The summed E-state index contributed by atoms with van der Waals surface area (Å²) in [5.41, 5.74) is 4.10.